The first kappa shape index (κ1) is 16.9. The largest absolute Gasteiger partial charge is 0.464 e. The lowest BCUT2D eigenvalue weighted by molar-refractivity contribution is 0.465. The Labute approximate surface area is 131 Å². The highest BCUT2D eigenvalue weighted by Gasteiger charge is 2.32. The SMILES string of the molecule is CCSC1CCCC1NS(=O)(=O)c1cc(CNC)oc1C. The molecule has 0 radical (unpaired) electrons. The number of rotatable bonds is 7. The lowest BCUT2D eigenvalue weighted by Gasteiger charge is -2.19. The van der Waals surface area contributed by atoms with Gasteiger partial charge in [0.25, 0.3) is 0 Å². The first-order chi connectivity index (χ1) is 9.97. The van der Waals surface area contributed by atoms with Crippen molar-refractivity contribution >= 4 is 21.8 Å². The topological polar surface area (TPSA) is 71.3 Å². The fourth-order valence-electron chi connectivity index (χ4n) is 2.79. The second kappa shape index (κ2) is 7.17. The summed E-state index contributed by atoms with van der Waals surface area (Å²) < 4.78 is 33.5. The summed E-state index contributed by atoms with van der Waals surface area (Å²) in [6.45, 7) is 4.33. The molecule has 21 heavy (non-hydrogen) atoms. The monoisotopic (exact) mass is 332 g/mol. The third-order valence-corrected chi connectivity index (χ3v) is 6.63. The van der Waals surface area contributed by atoms with Crippen molar-refractivity contribution < 1.29 is 12.8 Å². The van der Waals surface area contributed by atoms with Gasteiger partial charge >= 0.3 is 0 Å². The van der Waals surface area contributed by atoms with Gasteiger partial charge in [-0.1, -0.05) is 13.3 Å². The summed E-state index contributed by atoms with van der Waals surface area (Å²) >= 11 is 1.84. The molecule has 2 unspecified atom stereocenters. The van der Waals surface area contributed by atoms with E-state index in [4.69, 9.17) is 4.42 Å². The fraction of sp³-hybridized carbons (Fsp3) is 0.714. The maximum atomic E-state index is 12.6. The number of sulfonamides is 1. The molecule has 0 aromatic carbocycles. The Morgan fingerprint density at radius 2 is 2.19 bits per heavy atom. The van der Waals surface area contributed by atoms with E-state index in [-0.39, 0.29) is 10.9 Å². The van der Waals surface area contributed by atoms with Crippen LogP contribution in [-0.4, -0.2) is 32.5 Å². The first-order valence-corrected chi connectivity index (χ1v) is 9.89. The van der Waals surface area contributed by atoms with Crippen LogP contribution in [0, 0.1) is 6.92 Å². The van der Waals surface area contributed by atoms with Gasteiger partial charge in [0.05, 0.1) is 6.54 Å². The lowest BCUT2D eigenvalue weighted by atomic mass is 10.3. The Morgan fingerprint density at radius 1 is 1.43 bits per heavy atom. The maximum absolute atomic E-state index is 12.6. The molecule has 2 N–H and O–H groups in total. The second-order valence-electron chi connectivity index (χ2n) is 5.32. The molecule has 7 heteroatoms. The van der Waals surface area contributed by atoms with E-state index in [0.717, 1.165) is 25.0 Å². The average Bonchev–Trinajstić information content (AvgIpc) is 2.98. The molecule has 1 aliphatic rings. The molecule has 0 saturated heterocycles. The number of hydrogen-bond acceptors (Lipinski definition) is 5. The summed E-state index contributed by atoms with van der Waals surface area (Å²) in [5.41, 5.74) is 0. The normalized spacial score (nSPS) is 22.8. The van der Waals surface area contributed by atoms with Crippen molar-refractivity contribution in [2.24, 2.45) is 0 Å². The zero-order valence-electron chi connectivity index (χ0n) is 12.8. The van der Waals surface area contributed by atoms with E-state index in [1.54, 1.807) is 20.0 Å². The van der Waals surface area contributed by atoms with Crippen LogP contribution >= 0.6 is 11.8 Å². The predicted octanol–water partition coefficient (Wildman–Crippen LogP) is 2.26. The van der Waals surface area contributed by atoms with Crippen molar-refractivity contribution in [2.45, 2.75) is 55.8 Å². The molecule has 1 fully saturated rings. The zero-order valence-corrected chi connectivity index (χ0v) is 14.4. The minimum atomic E-state index is -3.51. The standard InChI is InChI=1S/C14H24N2O3S2/c1-4-20-13-7-5-6-12(13)16-21(17,18)14-8-11(9-15-3)19-10(14)2/h8,12-13,15-16H,4-7,9H2,1-3H3. The Balaban J connectivity index is 2.14. The molecular formula is C14H24N2O3S2. The quantitative estimate of drug-likeness (QED) is 0.801. The number of aryl methyl sites for hydroxylation is 1. The maximum Gasteiger partial charge on any atom is 0.244 e. The van der Waals surface area contributed by atoms with Gasteiger partial charge < -0.3 is 9.73 Å². The van der Waals surface area contributed by atoms with E-state index >= 15 is 0 Å². The lowest BCUT2D eigenvalue weighted by Crippen LogP contribution is -2.38. The highest BCUT2D eigenvalue weighted by Crippen LogP contribution is 2.31. The number of hydrogen-bond donors (Lipinski definition) is 2. The van der Waals surface area contributed by atoms with Gasteiger partial charge in [0, 0.05) is 17.4 Å². The van der Waals surface area contributed by atoms with Gasteiger partial charge in [-0.2, -0.15) is 11.8 Å². The van der Waals surface area contributed by atoms with Crippen molar-refractivity contribution in [1.82, 2.24) is 10.0 Å². The Morgan fingerprint density at radius 3 is 2.86 bits per heavy atom. The Hall–Kier alpha value is -0.500. The highest BCUT2D eigenvalue weighted by atomic mass is 32.2. The van der Waals surface area contributed by atoms with Crippen LogP contribution in [0.25, 0.3) is 0 Å². The molecule has 0 amide bonds. The van der Waals surface area contributed by atoms with Gasteiger partial charge in [0.1, 0.15) is 16.4 Å². The molecule has 1 aromatic heterocycles. The van der Waals surface area contributed by atoms with Crippen LogP contribution in [0.2, 0.25) is 0 Å². The van der Waals surface area contributed by atoms with Crippen LogP contribution in [0.3, 0.4) is 0 Å². The molecule has 5 nitrogen and oxygen atoms in total. The summed E-state index contributed by atoms with van der Waals surface area (Å²) in [6, 6.07) is 1.65. The fourth-order valence-corrected chi connectivity index (χ4v) is 5.59. The number of thioether (sulfide) groups is 1. The van der Waals surface area contributed by atoms with E-state index in [1.165, 1.54) is 0 Å². The first-order valence-electron chi connectivity index (χ1n) is 7.35. The van der Waals surface area contributed by atoms with Crippen molar-refractivity contribution in [2.75, 3.05) is 12.8 Å². The zero-order chi connectivity index (χ0) is 15.5. The van der Waals surface area contributed by atoms with Crippen molar-refractivity contribution in [3.8, 4) is 0 Å². The van der Waals surface area contributed by atoms with E-state index in [9.17, 15) is 8.42 Å². The van der Waals surface area contributed by atoms with E-state index < -0.39 is 10.0 Å². The van der Waals surface area contributed by atoms with Gasteiger partial charge in [-0.05, 0) is 32.6 Å². The molecule has 1 aliphatic carbocycles. The van der Waals surface area contributed by atoms with Crippen molar-refractivity contribution in [3.63, 3.8) is 0 Å². The molecule has 1 saturated carbocycles. The molecule has 2 atom stereocenters. The average molecular weight is 332 g/mol. The van der Waals surface area contributed by atoms with Gasteiger partial charge in [0.15, 0.2) is 0 Å². The molecule has 0 aliphatic heterocycles. The van der Waals surface area contributed by atoms with Crippen molar-refractivity contribution in [1.29, 1.82) is 0 Å². The van der Waals surface area contributed by atoms with Gasteiger partial charge in [-0.15, -0.1) is 0 Å². The predicted molar refractivity (Wildman–Crippen MR) is 86.1 cm³/mol. The third-order valence-electron chi connectivity index (χ3n) is 3.70. The van der Waals surface area contributed by atoms with Crippen molar-refractivity contribution in [3.05, 3.63) is 17.6 Å². The summed E-state index contributed by atoms with van der Waals surface area (Å²) in [4.78, 5) is 0.264. The molecule has 1 heterocycles. The van der Waals surface area contributed by atoms with E-state index in [2.05, 4.69) is 17.0 Å². The Bertz CT molecular complexity index is 569. The van der Waals surface area contributed by atoms with E-state index in [1.807, 2.05) is 11.8 Å². The van der Waals surface area contributed by atoms with Crippen LogP contribution < -0.4 is 10.0 Å². The smallest absolute Gasteiger partial charge is 0.244 e. The van der Waals surface area contributed by atoms with Crippen LogP contribution in [0.5, 0.6) is 0 Å². The minimum Gasteiger partial charge on any atom is -0.464 e. The Kier molecular flexibility index (Phi) is 5.76. The summed E-state index contributed by atoms with van der Waals surface area (Å²) in [7, 11) is -1.71. The van der Waals surface area contributed by atoms with Gasteiger partial charge in [-0.25, -0.2) is 13.1 Å². The van der Waals surface area contributed by atoms with Gasteiger partial charge in [-0.3, -0.25) is 0 Å². The summed E-state index contributed by atoms with van der Waals surface area (Å²) in [5, 5.41) is 3.34. The minimum absolute atomic E-state index is 0.0296. The third kappa shape index (κ3) is 4.03. The molecule has 120 valence electrons. The second-order valence-corrected chi connectivity index (χ2v) is 8.51. The molecular weight excluding hydrogens is 308 g/mol. The summed E-state index contributed by atoms with van der Waals surface area (Å²) in [5.74, 6) is 2.10. The number of nitrogens with one attached hydrogen (secondary N) is 2. The molecule has 0 spiro atoms. The van der Waals surface area contributed by atoms with Crippen LogP contribution in [0.4, 0.5) is 0 Å². The van der Waals surface area contributed by atoms with Crippen LogP contribution in [0.1, 0.15) is 37.7 Å². The number of furan rings is 1. The molecule has 0 bridgehead atoms. The van der Waals surface area contributed by atoms with Crippen LogP contribution in [0.15, 0.2) is 15.4 Å². The summed E-state index contributed by atoms with van der Waals surface area (Å²) in [6.07, 6.45) is 3.08. The molecule has 2 rings (SSSR count). The molecule has 1 aromatic rings. The highest BCUT2D eigenvalue weighted by molar-refractivity contribution is 8.00. The van der Waals surface area contributed by atoms with Crippen LogP contribution in [-0.2, 0) is 16.6 Å². The van der Waals surface area contributed by atoms with Gasteiger partial charge in [0.2, 0.25) is 10.0 Å². The van der Waals surface area contributed by atoms with E-state index in [0.29, 0.717) is 23.3 Å².